The van der Waals surface area contributed by atoms with E-state index in [1.165, 1.54) is 12.1 Å². The largest absolute Gasteiger partial charge is 0.393 e. The number of hydrogen-bond acceptors (Lipinski definition) is 6. The Kier molecular flexibility index (Phi) is 5.27. The Morgan fingerprint density at radius 1 is 1.29 bits per heavy atom. The molecule has 0 aliphatic carbocycles. The van der Waals surface area contributed by atoms with E-state index in [1.54, 1.807) is 12.1 Å². The van der Waals surface area contributed by atoms with Crippen LogP contribution in [0, 0.1) is 6.92 Å². The van der Waals surface area contributed by atoms with Gasteiger partial charge in [-0.15, -0.1) is 0 Å². The van der Waals surface area contributed by atoms with Crippen LogP contribution < -0.4 is 0 Å². The minimum absolute atomic E-state index is 0.119. The fourth-order valence-electron chi connectivity index (χ4n) is 3.27. The maximum atomic E-state index is 12.3. The fraction of sp³-hybridized carbons (Fsp3) is 0.647. The van der Waals surface area contributed by atoms with E-state index in [2.05, 4.69) is 0 Å². The summed E-state index contributed by atoms with van der Waals surface area (Å²) in [5, 5.41) is 10.1. The Labute approximate surface area is 142 Å². The average molecular weight is 356 g/mol. The van der Waals surface area contributed by atoms with E-state index in [0.717, 1.165) is 18.4 Å². The zero-order chi connectivity index (χ0) is 17.2. The summed E-state index contributed by atoms with van der Waals surface area (Å²) >= 11 is 0. The highest BCUT2D eigenvalue weighted by atomic mass is 32.2. The molecule has 0 bridgehead atoms. The quantitative estimate of drug-likeness (QED) is 0.833. The van der Waals surface area contributed by atoms with Crippen molar-refractivity contribution in [3.8, 4) is 0 Å². The monoisotopic (exact) mass is 356 g/mol. The summed E-state index contributed by atoms with van der Waals surface area (Å²) in [6.07, 6.45) is 2.35. The molecule has 1 spiro atoms. The Morgan fingerprint density at radius 2 is 2.04 bits per heavy atom. The summed E-state index contributed by atoms with van der Waals surface area (Å²) in [7, 11) is -3.84. The maximum Gasteiger partial charge on any atom is 0.297 e. The van der Waals surface area contributed by atoms with Crippen molar-refractivity contribution in [2.75, 3.05) is 13.2 Å². The molecule has 2 aliphatic rings. The Hall–Kier alpha value is -0.990. The summed E-state index contributed by atoms with van der Waals surface area (Å²) in [5.74, 6) is -0.794. The van der Waals surface area contributed by atoms with Gasteiger partial charge in [0, 0.05) is 19.3 Å². The highest BCUT2D eigenvalue weighted by Gasteiger charge is 2.43. The molecule has 0 aromatic heterocycles. The van der Waals surface area contributed by atoms with Gasteiger partial charge in [-0.2, -0.15) is 8.42 Å². The lowest BCUT2D eigenvalue weighted by atomic mass is 9.93. The van der Waals surface area contributed by atoms with Gasteiger partial charge in [0.15, 0.2) is 5.79 Å². The van der Waals surface area contributed by atoms with Crippen LogP contribution in [0.2, 0.25) is 0 Å². The topological polar surface area (TPSA) is 82.1 Å². The molecule has 2 aliphatic heterocycles. The fourth-order valence-corrected chi connectivity index (χ4v) is 4.20. The molecular formula is C17H24O6S. The second-order valence-electron chi connectivity index (χ2n) is 6.60. The summed E-state index contributed by atoms with van der Waals surface area (Å²) in [4.78, 5) is 0.119. The van der Waals surface area contributed by atoms with Gasteiger partial charge in [-0.3, -0.25) is 4.18 Å². The van der Waals surface area contributed by atoms with Crippen LogP contribution in [0.5, 0.6) is 0 Å². The van der Waals surface area contributed by atoms with E-state index in [4.69, 9.17) is 13.7 Å². The minimum Gasteiger partial charge on any atom is -0.393 e. The lowest BCUT2D eigenvalue weighted by molar-refractivity contribution is -0.311. The highest BCUT2D eigenvalue weighted by Crippen LogP contribution is 2.37. The van der Waals surface area contributed by atoms with Crippen molar-refractivity contribution in [3.63, 3.8) is 0 Å². The first-order valence-electron chi connectivity index (χ1n) is 8.35. The van der Waals surface area contributed by atoms with Gasteiger partial charge in [0.05, 0.1) is 30.3 Å². The summed E-state index contributed by atoms with van der Waals surface area (Å²) in [6, 6.07) is 6.49. The first-order valence-corrected chi connectivity index (χ1v) is 9.75. The van der Waals surface area contributed by atoms with Crippen LogP contribution in [0.25, 0.3) is 0 Å². The molecule has 0 amide bonds. The van der Waals surface area contributed by atoms with Crippen molar-refractivity contribution in [2.45, 2.75) is 61.9 Å². The number of aliphatic hydroxyl groups excluding tert-OH is 1. The van der Waals surface area contributed by atoms with Crippen molar-refractivity contribution in [1.29, 1.82) is 0 Å². The predicted molar refractivity (Wildman–Crippen MR) is 87.0 cm³/mol. The van der Waals surface area contributed by atoms with E-state index in [0.29, 0.717) is 25.9 Å². The SMILES string of the molecule is Cc1ccc(S(=O)(=O)OCC2CC(O)CC3(CCCCO3)O2)cc1. The molecule has 24 heavy (non-hydrogen) atoms. The summed E-state index contributed by atoms with van der Waals surface area (Å²) in [5.41, 5.74) is 0.976. The molecule has 2 saturated heterocycles. The summed E-state index contributed by atoms with van der Waals surface area (Å²) in [6.45, 7) is 2.36. The normalized spacial score (nSPS) is 31.2. The molecule has 2 fully saturated rings. The van der Waals surface area contributed by atoms with Gasteiger partial charge >= 0.3 is 0 Å². The van der Waals surface area contributed by atoms with Crippen LogP contribution >= 0.6 is 0 Å². The Morgan fingerprint density at radius 3 is 2.71 bits per heavy atom. The number of hydrogen-bond donors (Lipinski definition) is 1. The molecule has 0 saturated carbocycles. The van der Waals surface area contributed by atoms with Crippen molar-refractivity contribution >= 4 is 10.1 Å². The predicted octanol–water partition coefficient (Wildman–Crippen LogP) is 2.14. The molecule has 1 aromatic carbocycles. The van der Waals surface area contributed by atoms with E-state index in [9.17, 15) is 13.5 Å². The molecule has 3 rings (SSSR count). The standard InChI is InChI=1S/C17H24O6S/c1-13-4-6-16(7-5-13)24(19,20)22-12-15-10-14(18)11-17(23-15)8-2-3-9-21-17/h4-7,14-15,18H,2-3,8-12H2,1H3. The Bertz CT molecular complexity index is 648. The van der Waals surface area contributed by atoms with E-state index >= 15 is 0 Å². The molecular weight excluding hydrogens is 332 g/mol. The second-order valence-corrected chi connectivity index (χ2v) is 8.22. The van der Waals surface area contributed by atoms with Gasteiger partial charge in [0.25, 0.3) is 10.1 Å². The smallest absolute Gasteiger partial charge is 0.297 e. The van der Waals surface area contributed by atoms with Gasteiger partial charge in [-0.1, -0.05) is 17.7 Å². The van der Waals surface area contributed by atoms with Gasteiger partial charge in [0.1, 0.15) is 0 Å². The van der Waals surface area contributed by atoms with Crippen LogP contribution in [0.3, 0.4) is 0 Å². The molecule has 6 nitrogen and oxygen atoms in total. The van der Waals surface area contributed by atoms with Crippen molar-refractivity contribution in [2.24, 2.45) is 0 Å². The maximum absolute atomic E-state index is 12.3. The van der Waals surface area contributed by atoms with Crippen LogP contribution in [-0.4, -0.2) is 44.7 Å². The molecule has 1 N–H and O–H groups in total. The number of ether oxygens (including phenoxy) is 2. The zero-order valence-corrected chi connectivity index (χ0v) is 14.6. The molecule has 3 unspecified atom stereocenters. The molecule has 0 radical (unpaired) electrons. The number of rotatable bonds is 4. The van der Waals surface area contributed by atoms with Crippen LogP contribution in [0.1, 0.15) is 37.7 Å². The first kappa shape index (κ1) is 17.8. The van der Waals surface area contributed by atoms with Crippen molar-refractivity contribution in [1.82, 2.24) is 0 Å². The third-order valence-corrected chi connectivity index (χ3v) is 5.79. The number of aliphatic hydroxyl groups is 1. The molecule has 134 valence electrons. The zero-order valence-electron chi connectivity index (χ0n) is 13.8. The number of aryl methyl sites for hydroxylation is 1. The first-order chi connectivity index (χ1) is 11.4. The minimum atomic E-state index is -3.84. The second kappa shape index (κ2) is 7.09. The van der Waals surface area contributed by atoms with Crippen molar-refractivity contribution in [3.05, 3.63) is 29.8 Å². The molecule has 7 heteroatoms. The van der Waals surface area contributed by atoms with Gasteiger partial charge in [-0.25, -0.2) is 0 Å². The third-order valence-electron chi connectivity index (χ3n) is 4.50. The molecule has 2 heterocycles. The molecule has 3 atom stereocenters. The number of benzene rings is 1. The van der Waals surface area contributed by atoms with Crippen LogP contribution in [0.4, 0.5) is 0 Å². The van der Waals surface area contributed by atoms with Gasteiger partial charge < -0.3 is 14.6 Å². The van der Waals surface area contributed by atoms with E-state index in [1.807, 2.05) is 6.92 Å². The third kappa shape index (κ3) is 4.15. The van der Waals surface area contributed by atoms with Gasteiger partial charge in [-0.05, 0) is 31.9 Å². The van der Waals surface area contributed by atoms with Crippen LogP contribution in [0.15, 0.2) is 29.2 Å². The average Bonchev–Trinajstić information content (AvgIpc) is 2.53. The van der Waals surface area contributed by atoms with E-state index < -0.39 is 28.1 Å². The lowest BCUT2D eigenvalue weighted by Gasteiger charge is -2.44. The lowest BCUT2D eigenvalue weighted by Crippen LogP contribution is -2.51. The highest BCUT2D eigenvalue weighted by molar-refractivity contribution is 7.86. The van der Waals surface area contributed by atoms with Crippen molar-refractivity contribution < 1.29 is 27.2 Å². The van der Waals surface area contributed by atoms with Gasteiger partial charge in [0.2, 0.25) is 0 Å². The van der Waals surface area contributed by atoms with E-state index in [-0.39, 0.29) is 11.5 Å². The van der Waals surface area contributed by atoms with Crippen LogP contribution in [-0.2, 0) is 23.8 Å². The summed E-state index contributed by atoms with van der Waals surface area (Å²) < 4.78 is 41.4. The molecule has 1 aromatic rings. The Balaban J connectivity index is 1.63.